The van der Waals surface area contributed by atoms with Crippen molar-refractivity contribution in [3.8, 4) is 0 Å². The second-order valence-corrected chi connectivity index (χ2v) is 4.83. The van der Waals surface area contributed by atoms with Crippen LogP contribution in [-0.2, 0) is 24.4 Å². The van der Waals surface area contributed by atoms with E-state index in [1.54, 1.807) is 6.20 Å². The van der Waals surface area contributed by atoms with E-state index in [1.807, 2.05) is 30.6 Å². The third-order valence-electron chi connectivity index (χ3n) is 3.30. The second-order valence-electron chi connectivity index (χ2n) is 4.83. The summed E-state index contributed by atoms with van der Waals surface area (Å²) in [5, 5.41) is 3.41. The summed E-state index contributed by atoms with van der Waals surface area (Å²) < 4.78 is 7.97. The number of pyridine rings is 1. The molecule has 2 aromatic heterocycles. The van der Waals surface area contributed by atoms with Gasteiger partial charge in [0, 0.05) is 37.6 Å². The van der Waals surface area contributed by atoms with E-state index in [2.05, 4.69) is 19.9 Å². The van der Waals surface area contributed by atoms with E-state index in [9.17, 15) is 0 Å². The number of hydrogen-bond acceptors (Lipinski definition) is 4. The quantitative estimate of drug-likeness (QED) is 0.895. The highest BCUT2D eigenvalue weighted by atomic mass is 16.5. The molecule has 0 spiro atoms. The van der Waals surface area contributed by atoms with Gasteiger partial charge in [0.15, 0.2) is 0 Å². The Kier molecular flexibility index (Phi) is 3.86. The summed E-state index contributed by atoms with van der Waals surface area (Å²) in [6.45, 7) is 4.08. The van der Waals surface area contributed by atoms with Crippen molar-refractivity contribution in [3.63, 3.8) is 0 Å². The van der Waals surface area contributed by atoms with E-state index in [4.69, 9.17) is 4.74 Å². The smallest absolute Gasteiger partial charge is 0.122 e. The monoisotopic (exact) mass is 258 g/mol. The van der Waals surface area contributed by atoms with E-state index < -0.39 is 0 Å². The lowest BCUT2D eigenvalue weighted by molar-refractivity contribution is 0.0804. The first-order valence-electron chi connectivity index (χ1n) is 6.60. The number of imidazole rings is 1. The molecule has 1 N–H and O–H groups in total. The maximum absolute atomic E-state index is 5.77. The molecule has 1 atom stereocenters. The molecule has 0 radical (unpaired) electrons. The SMILES string of the molecule is c1ccc(COCC2CNCc3nccn3C2)nc1. The number of rotatable bonds is 4. The molecule has 3 rings (SSSR count). The Morgan fingerprint density at radius 3 is 3.21 bits per heavy atom. The molecule has 19 heavy (non-hydrogen) atoms. The molecule has 5 heteroatoms. The molecule has 0 saturated carbocycles. The molecule has 0 aliphatic carbocycles. The van der Waals surface area contributed by atoms with Crippen molar-refractivity contribution >= 4 is 0 Å². The summed E-state index contributed by atoms with van der Waals surface area (Å²) in [7, 11) is 0. The molecule has 1 unspecified atom stereocenters. The lowest BCUT2D eigenvalue weighted by atomic mass is 10.1. The van der Waals surface area contributed by atoms with Crippen LogP contribution >= 0.6 is 0 Å². The summed E-state index contributed by atoms with van der Waals surface area (Å²) in [5.74, 6) is 1.58. The van der Waals surface area contributed by atoms with Crippen LogP contribution in [0.2, 0.25) is 0 Å². The summed E-state index contributed by atoms with van der Waals surface area (Å²) in [5.41, 5.74) is 0.979. The molecule has 0 aromatic carbocycles. The van der Waals surface area contributed by atoms with Crippen molar-refractivity contribution in [2.75, 3.05) is 13.2 Å². The van der Waals surface area contributed by atoms with Crippen LogP contribution in [0.1, 0.15) is 11.5 Å². The molecule has 0 amide bonds. The highest BCUT2D eigenvalue weighted by molar-refractivity contribution is 5.01. The van der Waals surface area contributed by atoms with Gasteiger partial charge < -0.3 is 14.6 Å². The topological polar surface area (TPSA) is 52.0 Å². The molecule has 0 fully saturated rings. The Labute approximate surface area is 112 Å². The molecule has 0 saturated heterocycles. The van der Waals surface area contributed by atoms with Gasteiger partial charge in [0.1, 0.15) is 5.82 Å². The Bertz CT molecular complexity index is 511. The van der Waals surface area contributed by atoms with Gasteiger partial charge in [-0.2, -0.15) is 0 Å². The predicted molar refractivity (Wildman–Crippen MR) is 71.3 cm³/mol. The average molecular weight is 258 g/mol. The van der Waals surface area contributed by atoms with Crippen molar-refractivity contribution in [2.24, 2.45) is 5.92 Å². The lowest BCUT2D eigenvalue weighted by Crippen LogP contribution is -2.25. The largest absolute Gasteiger partial charge is 0.375 e. The zero-order chi connectivity index (χ0) is 12.9. The third-order valence-corrected chi connectivity index (χ3v) is 3.30. The number of ether oxygens (including phenoxy) is 1. The van der Waals surface area contributed by atoms with E-state index in [0.717, 1.165) is 37.8 Å². The molecule has 0 bridgehead atoms. The van der Waals surface area contributed by atoms with Crippen LogP contribution in [-0.4, -0.2) is 27.7 Å². The van der Waals surface area contributed by atoms with Crippen LogP contribution in [0, 0.1) is 5.92 Å². The summed E-state index contributed by atoms with van der Waals surface area (Å²) in [6.07, 6.45) is 5.69. The van der Waals surface area contributed by atoms with Crippen molar-refractivity contribution in [1.29, 1.82) is 0 Å². The Hall–Kier alpha value is -1.72. The van der Waals surface area contributed by atoms with E-state index in [-0.39, 0.29) is 0 Å². The minimum Gasteiger partial charge on any atom is -0.375 e. The zero-order valence-electron chi connectivity index (χ0n) is 10.8. The summed E-state index contributed by atoms with van der Waals surface area (Å²) in [6, 6.07) is 5.88. The van der Waals surface area contributed by atoms with Gasteiger partial charge in [-0.1, -0.05) is 6.07 Å². The highest BCUT2D eigenvalue weighted by Crippen LogP contribution is 2.10. The van der Waals surface area contributed by atoms with Gasteiger partial charge in [0.2, 0.25) is 0 Å². The van der Waals surface area contributed by atoms with E-state index >= 15 is 0 Å². The van der Waals surface area contributed by atoms with Crippen LogP contribution < -0.4 is 5.32 Å². The van der Waals surface area contributed by atoms with Gasteiger partial charge in [0.25, 0.3) is 0 Å². The van der Waals surface area contributed by atoms with E-state index in [0.29, 0.717) is 12.5 Å². The minimum atomic E-state index is 0.471. The molecule has 5 nitrogen and oxygen atoms in total. The van der Waals surface area contributed by atoms with Crippen molar-refractivity contribution < 1.29 is 4.74 Å². The second kappa shape index (κ2) is 5.95. The number of aromatic nitrogens is 3. The molecule has 100 valence electrons. The number of nitrogens with zero attached hydrogens (tertiary/aromatic N) is 3. The summed E-state index contributed by atoms with van der Waals surface area (Å²) in [4.78, 5) is 8.58. The first-order valence-corrected chi connectivity index (χ1v) is 6.60. The highest BCUT2D eigenvalue weighted by Gasteiger charge is 2.16. The van der Waals surface area contributed by atoms with Gasteiger partial charge in [-0.25, -0.2) is 4.98 Å². The fraction of sp³-hybridized carbons (Fsp3) is 0.429. The maximum atomic E-state index is 5.77. The Balaban J connectivity index is 1.51. The van der Waals surface area contributed by atoms with Gasteiger partial charge >= 0.3 is 0 Å². The third kappa shape index (κ3) is 3.19. The van der Waals surface area contributed by atoms with Crippen LogP contribution in [0.25, 0.3) is 0 Å². The average Bonchev–Trinajstić information content (AvgIpc) is 2.79. The van der Waals surface area contributed by atoms with Crippen molar-refractivity contribution in [3.05, 3.63) is 48.3 Å². The first-order chi connectivity index (χ1) is 9.42. The van der Waals surface area contributed by atoms with Crippen molar-refractivity contribution in [2.45, 2.75) is 19.7 Å². The van der Waals surface area contributed by atoms with Crippen LogP contribution in [0.4, 0.5) is 0 Å². The number of nitrogens with one attached hydrogen (secondary N) is 1. The first kappa shape index (κ1) is 12.3. The normalized spacial score (nSPS) is 18.8. The number of hydrogen-bond donors (Lipinski definition) is 1. The van der Waals surface area contributed by atoms with Crippen LogP contribution in [0.3, 0.4) is 0 Å². The Morgan fingerprint density at radius 1 is 1.32 bits per heavy atom. The van der Waals surface area contributed by atoms with Crippen LogP contribution in [0.15, 0.2) is 36.8 Å². The maximum Gasteiger partial charge on any atom is 0.122 e. The Morgan fingerprint density at radius 2 is 2.32 bits per heavy atom. The van der Waals surface area contributed by atoms with Gasteiger partial charge in [-0.05, 0) is 12.1 Å². The fourth-order valence-electron chi connectivity index (χ4n) is 2.33. The van der Waals surface area contributed by atoms with Gasteiger partial charge in [-0.3, -0.25) is 4.98 Å². The van der Waals surface area contributed by atoms with Gasteiger partial charge in [-0.15, -0.1) is 0 Å². The zero-order valence-corrected chi connectivity index (χ0v) is 10.8. The van der Waals surface area contributed by atoms with Crippen molar-refractivity contribution in [1.82, 2.24) is 19.9 Å². The van der Waals surface area contributed by atoms with Crippen LogP contribution in [0.5, 0.6) is 0 Å². The number of fused-ring (bicyclic) bond motifs is 1. The molecule has 1 aliphatic rings. The molecular formula is C14H18N4O. The minimum absolute atomic E-state index is 0.471. The fourth-order valence-corrected chi connectivity index (χ4v) is 2.33. The standard InChI is InChI=1S/C14H18N4O/c1-2-4-16-13(3-1)11-19-10-12-7-15-8-14-17-5-6-18(14)9-12/h1-6,12,15H,7-11H2. The van der Waals surface area contributed by atoms with Gasteiger partial charge in [0.05, 0.1) is 25.5 Å². The molecular weight excluding hydrogens is 240 g/mol. The van der Waals surface area contributed by atoms with E-state index in [1.165, 1.54) is 0 Å². The predicted octanol–water partition coefficient (Wildman–Crippen LogP) is 1.21. The molecule has 2 aromatic rings. The lowest BCUT2D eigenvalue weighted by Gasteiger charge is -2.15. The molecule has 1 aliphatic heterocycles. The summed E-state index contributed by atoms with van der Waals surface area (Å²) >= 11 is 0. The molecule has 3 heterocycles.